The molecule has 320 valence electrons. The monoisotopic (exact) mass is 868 g/mol. The van der Waals surface area contributed by atoms with E-state index in [0.29, 0.717) is 42.1 Å². The average molecular weight is 870 g/mol. The van der Waals surface area contributed by atoms with Gasteiger partial charge < -0.3 is 34.5 Å². The molecule has 5 aromatic heterocycles. The van der Waals surface area contributed by atoms with Crippen LogP contribution >= 0.6 is 23.2 Å². The number of likely N-dealkylation sites (N-methyl/N-ethyl adjacent to an activating group) is 2. The predicted molar refractivity (Wildman–Crippen MR) is 240 cm³/mol. The van der Waals surface area contributed by atoms with Crippen molar-refractivity contribution in [2.24, 2.45) is 0 Å². The fourth-order valence-electron chi connectivity index (χ4n) is 6.68. The number of rotatable bonds is 7. The maximum atomic E-state index is 12.6. The fraction of sp³-hybridized carbons (Fsp3) is 0.341. The number of ether oxygens (including phenoxy) is 2. The van der Waals surface area contributed by atoms with Gasteiger partial charge in [0.15, 0.2) is 11.9 Å². The van der Waals surface area contributed by atoms with Gasteiger partial charge in [-0.25, -0.2) is 24.7 Å². The lowest BCUT2D eigenvalue weighted by Gasteiger charge is -2.33. The van der Waals surface area contributed by atoms with Crippen molar-refractivity contribution in [3.05, 3.63) is 106 Å². The summed E-state index contributed by atoms with van der Waals surface area (Å²) in [6.45, 7) is 13.0. The fourth-order valence-corrected chi connectivity index (χ4v) is 7.07. The van der Waals surface area contributed by atoms with E-state index in [9.17, 15) is 14.4 Å². The third-order valence-electron chi connectivity index (χ3n) is 9.89. The summed E-state index contributed by atoms with van der Waals surface area (Å²) in [5.41, 5.74) is 5.78. The number of hydrogen-bond donors (Lipinski definition) is 2. The first-order valence-electron chi connectivity index (χ1n) is 20.2. The number of para-hydroxylation sites is 4. The molecule has 7 heterocycles. The Labute approximate surface area is 364 Å². The molecule has 0 atom stereocenters. The highest BCUT2D eigenvalue weighted by atomic mass is 35.5. The number of piperazine rings is 2. The maximum Gasteiger partial charge on any atom is 0.341 e. The Morgan fingerprint density at radius 1 is 0.754 bits per heavy atom. The van der Waals surface area contributed by atoms with E-state index in [4.69, 9.17) is 42.6 Å². The summed E-state index contributed by atoms with van der Waals surface area (Å²) in [6, 6.07) is 24.5. The molecule has 0 spiro atoms. The Hall–Kier alpha value is -5.71. The first kappa shape index (κ1) is 44.8. The van der Waals surface area contributed by atoms with Gasteiger partial charge in [-0.1, -0.05) is 47.5 Å². The molecule has 0 amide bonds. The molecule has 0 aliphatic carbocycles. The van der Waals surface area contributed by atoms with E-state index in [1.165, 1.54) is 25.2 Å². The molecule has 7 aromatic rings. The molecule has 0 saturated carbocycles. The molecule has 15 nitrogen and oxygen atoms in total. The van der Waals surface area contributed by atoms with Crippen molar-refractivity contribution in [2.75, 3.05) is 84.6 Å². The molecule has 17 heteroatoms. The zero-order chi connectivity index (χ0) is 43.3. The van der Waals surface area contributed by atoms with Crippen molar-refractivity contribution in [1.29, 1.82) is 0 Å². The van der Waals surface area contributed by atoms with Crippen LogP contribution in [0.2, 0.25) is 10.3 Å². The van der Waals surface area contributed by atoms with E-state index in [1.807, 2.05) is 78.1 Å². The van der Waals surface area contributed by atoms with Gasteiger partial charge in [-0.2, -0.15) is 0 Å². The Morgan fingerprint density at radius 2 is 1.44 bits per heavy atom. The quantitative estimate of drug-likeness (QED) is 0.104. The number of anilines is 1. The Bertz CT molecular complexity index is 2550. The van der Waals surface area contributed by atoms with Gasteiger partial charge in [-0.05, 0) is 82.5 Å². The van der Waals surface area contributed by atoms with Crippen molar-refractivity contribution >= 4 is 86.0 Å². The topological polar surface area (TPSA) is 163 Å². The predicted octanol–water partition coefficient (Wildman–Crippen LogP) is 6.36. The van der Waals surface area contributed by atoms with Crippen molar-refractivity contribution in [2.45, 2.75) is 20.3 Å². The van der Waals surface area contributed by atoms with Crippen LogP contribution in [0.4, 0.5) is 5.82 Å². The molecular weight excluding hydrogens is 819 g/mol. The number of H-pyrrole nitrogens is 1. The lowest BCUT2D eigenvalue weighted by Crippen LogP contribution is -2.44. The van der Waals surface area contributed by atoms with E-state index < -0.39 is 0 Å². The highest BCUT2D eigenvalue weighted by Crippen LogP contribution is 2.28. The number of carbonyl (C=O) groups is 3. The molecule has 0 bridgehead atoms. The maximum absolute atomic E-state index is 12.6. The van der Waals surface area contributed by atoms with Crippen molar-refractivity contribution in [1.82, 2.24) is 44.4 Å². The molecule has 2 aromatic carbocycles. The van der Waals surface area contributed by atoms with Gasteiger partial charge in [0.05, 0.1) is 40.8 Å². The van der Waals surface area contributed by atoms with Crippen LogP contribution in [0, 0.1) is 0 Å². The summed E-state index contributed by atoms with van der Waals surface area (Å²) < 4.78 is 12.1. The molecular formula is C44H50Cl2N10O5. The van der Waals surface area contributed by atoms with Gasteiger partial charge in [-0.15, -0.1) is 0 Å². The molecule has 2 saturated heterocycles. The number of carbonyl (C=O) groups excluding carboxylic acids is 3. The molecule has 2 fully saturated rings. The third kappa shape index (κ3) is 11.8. The van der Waals surface area contributed by atoms with Crippen LogP contribution in [-0.4, -0.2) is 137 Å². The number of halogens is 2. The normalized spacial score (nSPS) is 14.4. The Balaban J connectivity index is 0.000000161. The molecule has 2 aliphatic heterocycles. The second-order valence-electron chi connectivity index (χ2n) is 14.3. The minimum atomic E-state index is -0.363. The smallest absolute Gasteiger partial charge is 0.341 e. The van der Waals surface area contributed by atoms with Gasteiger partial charge in [0, 0.05) is 57.7 Å². The molecule has 2 N–H and O–H groups in total. The summed E-state index contributed by atoms with van der Waals surface area (Å²) in [5, 5.41) is 4.59. The summed E-state index contributed by atoms with van der Waals surface area (Å²) in [7, 11) is 4.30. The first-order chi connectivity index (χ1) is 29.6. The summed E-state index contributed by atoms with van der Waals surface area (Å²) in [5.74, 6) is 0.984. The van der Waals surface area contributed by atoms with Crippen LogP contribution in [0.15, 0.2) is 78.9 Å². The SMILES string of the molecule is CCOC(=O)Cc1nc2ccccc2[nH]1.CCOC(=O)c1cc2ccc(N3CCN(C)CC3)nc2n2c1nc1ccccc12.CN1CCNCC1.O=Cc1ccc(Cl)nc1Cl. The number of benzene rings is 2. The van der Waals surface area contributed by atoms with E-state index in [0.717, 1.165) is 78.2 Å². The minimum Gasteiger partial charge on any atom is -0.466 e. The number of pyridine rings is 3. The van der Waals surface area contributed by atoms with Crippen LogP contribution in [0.1, 0.15) is 40.4 Å². The second kappa shape index (κ2) is 21.7. The van der Waals surface area contributed by atoms with E-state index in [-0.39, 0.29) is 28.7 Å². The van der Waals surface area contributed by atoms with Crippen molar-refractivity contribution in [3.8, 4) is 0 Å². The summed E-state index contributed by atoms with van der Waals surface area (Å²) in [6.07, 6.45) is 0.828. The molecule has 2 aliphatic rings. The molecule has 61 heavy (non-hydrogen) atoms. The molecule has 9 rings (SSSR count). The van der Waals surface area contributed by atoms with Crippen molar-refractivity contribution in [3.63, 3.8) is 0 Å². The molecule has 0 unspecified atom stereocenters. The summed E-state index contributed by atoms with van der Waals surface area (Å²) >= 11 is 11.0. The number of aromatic nitrogens is 6. The second-order valence-corrected chi connectivity index (χ2v) is 15.0. The van der Waals surface area contributed by atoms with E-state index >= 15 is 0 Å². The van der Waals surface area contributed by atoms with Gasteiger partial charge in [-0.3, -0.25) is 14.0 Å². The summed E-state index contributed by atoms with van der Waals surface area (Å²) in [4.78, 5) is 61.7. The minimum absolute atomic E-state index is 0.141. The zero-order valence-electron chi connectivity index (χ0n) is 34.7. The first-order valence-corrected chi connectivity index (χ1v) is 20.9. The number of imidazole rings is 2. The van der Waals surface area contributed by atoms with E-state index in [2.05, 4.69) is 49.1 Å². The average Bonchev–Trinajstić information content (AvgIpc) is 3.86. The number of aromatic amines is 1. The van der Waals surface area contributed by atoms with Gasteiger partial charge in [0.1, 0.15) is 39.6 Å². The number of esters is 2. The lowest BCUT2D eigenvalue weighted by molar-refractivity contribution is -0.142. The van der Waals surface area contributed by atoms with E-state index in [1.54, 1.807) is 6.92 Å². The van der Waals surface area contributed by atoms with Crippen LogP contribution in [0.5, 0.6) is 0 Å². The van der Waals surface area contributed by atoms with Crippen LogP contribution in [-0.2, 0) is 20.7 Å². The van der Waals surface area contributed by atoms with Crippen LogP contribution in [0.3, 0.4) is 0 Å². The number of nitrogens with one attached hydrogen (secondary N) is 2. The van der Waals surface area contributed by atoms with Gasteiger partial charge in [0.2, 0.25) is 0 Å². The number of fused-ring (bicyclic) bond motifs is 6. The largest absolute Gasteiger partial charge is 0.466 e. The number of aldehydes is 1. The van der Waals surface area contributed by atoms with Crippen LogP contribution in [0.25, 0.3) is 38.7 Å². The van der Waals surface area contributed by atoms with Gasteiger partial charge in [0.25, 0.3) is 0 Å². The standard InChI is InChI=1S/C22H23N5O2.C11H12N2O2.C6H3Cl2NO.C5H12N2/c1-3-29-22(28)16-14-15-8-9-19(26-12-10-25(2)11-13-26)24-20(15)27-18-7-5-4-6-17(18)23-21(16)27;1-2-15-11(14)7-10-12-8-5-3-4-6-9(8)13-10;7-5-2-1-4(3-10)6(8)9-5;1-7-4-2-6-3-5-7/h4-9,14H,3,10-13H2,1-2H3;3-6H,2,7H2,1H3,(H,12,13);1-3H;6H,2-5H2,1H3. The molecule has 0 radical (unpaired) electrons. The van der Waals surface area contributed by atoms with Crippen LogP contribution < -0.4 is 10.2 Å². The number of nitrogens with zero attached hydrogens (tertiary/aromatic N) is 8. The van der Waals surface area contributed by atoms with Gasteiger partial charge >= 0.3 is 11.9 Å². The Morgan fingerprint density at radius 3 is 2.10 bits per heavy atom. The Kier molecular flexibility index (Phi) is 15.9. The number of hydrogen-bond acceptors (Lipinski definition) is 13. The third-order valence-corrected chi connectivity index (χ3v) is 10.4. The lowest BCUT2D eigenvalue weighted by atomic mass is 10.2. The highest BCUT2D eigenvalue weighted by Gasteiger charge is 2.21. The van der Waals surface area contributed by atoms with Crippen molar-refractivity contribution < 1.29 is 23.9 Å². The zero-order valence-corrected chi connectivity index (χ0v) is 36.2. The highest BCUT2D eigenvalue weighted by molar-refractivity contribution is 6.33.